The van der Waals surface area contributed by atoms with Crippen LogP contribution in [0.25, 0.3) is 0 Å². The van der Waals surface area contributed by atoms with Gasteiger partial charge in [-0.3, -0.25) is 0 Å². The average molecular weight is 297 g/mol. The topological polar surface area (TPSA) is 55.4 Å². The molecule has 1 aromatic carbocycles. The van der Waals surface area contributed by atoms with Gasteiger partial charge in [0.2, 0.25) is 0 Å². The van der Waals surface area contributed by atoms with Crippen LogP contribution < -0.4 is 10.1 Å². The maximum atomic E-state index is 12.7. The summed E-state index contributed by atoms with van der Waals surface area (Å²) in [7, 11) is -1.82. The van der Waals surface area contributed by atoms with Gasteiger partial charge in [0.25, 0.3) is 0 Å². The lowest BCUT2D eigenvalue weighted by Crippen LogP contribution is -2.41. The molecule has 0 spiro atoms. The van der Waals surface area contributed by atoms with Crippen molar-refractivity contribution in [2.24, 2.45) is 5.92 Å². The second kappa shape index (κ2) is 5.74. The molecule has 4 nitrogen and oxygen atoms in total. The second-order valence-corrected chi connectivity index (χ2v) is 7.66. The highest BCUT2D eigenvalue weighted by atomic mass is 32.2. The first-order valence-electron chi connectivity index (χ1n) is 7.09. The molecule has 0 fully saturated rings. The van der Waals surface area contributed by atoms with Gasteiger partial charge in [0.1, 0.15) is 10.6 Å². The molecular weight excluding hydrogens is 274 g/mol. The Bertz CT molecular complexity index is 583. The van der Waals surface area contributed by atoms with E-state index in [1.54, 1.807) is 13.0 Å². The molecule has 0 aliphatic carbocycles. The molecule has 112 valence electrons. The Kier molecular flexibility index (Phi) is 4.39. The van der Waals surface area contributed by atoms with E-state index >= 15 is 0 Å². The van der Waals surface area contributed by atoms with Crippen LogP contribution in [-0.2, 0) is 9.84 Å². The van der Waals surface area contributed by atoms with Gasteiger partial charge in [0.15, 0.2) is 9.84 Å². The first-order chi connectivity index (χ1) is 9.45. The summed E-state index contributed by atoms with van der Waals surface area (Å²) < 4.78 is 30.7. The van der Waals surface area contributed by atoms with E-state index in [4.69, 9.17) is 4.74 Å². The fourth-order valence-corrected chi connectivity index (χ4v) is 4.91. The first-order valence-corrected chi connectivity index (χ1v) is 8.64. The van der Waals surface area contributed by atoms with E-state index in [9.17, 15) is 8.42 Å². The van der Waals surface area contributed by atoms with Crippen LogP contribution in [0.4, 0.5) is 0 Å². The standard InChI is InChI=1S/C15H23NO3S/c1-5-9-16-14-10(2)11(3)20(17,18)15-12(14)7-6-8-13(15)19-4/h6-8,10-11,14,16H,5,9H2,1-4H3. The highest BCUT2D eigenvalue weighted by molar-refractivity contribution is 7.92. The number of hydrogen-bond donors (Lipinski definition) is 1. The van der Waals surface area contributed by atoms with Crippen LogP contribution in [0.1, 0.15) is 38.8 Å². The van der Waals surface area contributed by atoms with E-state index in [0.29, 0.717) is 10.6 Å². The zero-order valence-electron chi connectivity index (χ0n) is 12.5. The quantitative estimate of drug-likeness (QED) is 0.928. The Labute approximate surface area is 121 Å². The van der Waals surface area contributed by atoms with Gasteiger partial charge in [-0.2, -0.15) is 0 Å². The number of hydrogen-bond acceptors (Lipinski definition) is 4. The maximum absolute atomic E-state index is 12.7. The van der Waals surface area contributed by atoms with Crippen molar-refractivity contribution in [3.63, 3.8) is 0 Å². The molecule has 0 radical (unpaired) electrons. The summed E-state index contributed by atoms with van der Waals surface area (Å²) in [4.78, 5) is 0.363. The van der Waals surface area contributed by atoms with Crippen molar-refractivity contribution < 1.29 is 13.2 Å². The van der Waals surface area contributed by atoms with Crippen LogP contribution in [0.2, 0.25) is 0 Å². The van der Waals surface area contributed by atoms with Crippen LogP contribution in [0.15, 0.2) is 23.1 Å². The van der Waals surface area contributed by atoms with Crippen LogP contribution in [-0.4, -0.2) is 27.3 Å². The molecule has 0 saturated heterocycles. The largest absolute Gasteiger partial charge is 0.495 e. The molecule has 1 aliphatic heterocycles. The predicted molar refractivity (Wildman–Crippen MR) is 79.8 cm³/mol. The molecule has 1 aliphatic rings. The number of methoxy groups -OCH3 is 1. The summed E-state index contributed by atoms with van der Waals surface area (Å²) in [6.07, 6.45) is 1.02. The summed E-state index contributed by atoms with van der Waals surface area (Å²) in [5.74, 6) is 0.482. The minimum absolute atomic E-state index is 0.0335. The van der Waals surface area contributed by atoms with Crippen molar-refractivity contribution in [3.8, 4) is 5.75 Å². The Morgan fingerprint density at radius 1 is 1.30 bits per heavy atom. The monoisotopic (exact) mass is 297 g/mol. The third-order valence-electron chi connectivity index (χ3n) is 4.22. The third-order valence-corrected chi connectivity index (χ3v) is 6.63. The smallest absolute Gasteiger partial charge is 0.185 e. The van der Waals surface area contributed by atoms with Gasteiger partial charge in [-0.05, 0) is 37.4 Å². The lowest BCUT2D eigenvalue weighted by molar-refractivity contribution is 0.346. The molecule has 1 aromatic rings. The summed E-state index contributed by atoms with van der Waals surface area (Å²) in [5.41, 5.74) is 0.836. The minimum atomic E-state index is -3.34. The van der Waals surface area contributed by atoms with Gasteiger partial charge in [0.05, 0.1) is 12.4 Å². The lowest BCUT2D eigenvalue weighted by atomic mass is 9.91. The SMILES string of the molecule is CCCNC1c2cccc(OC)c2S(=O)(=O)C(C)C1C. The van der Waals surface area contributed by atoms with Gasteiger partial charge in [-0.1, -0.05) is 26.0 Å². The number of benzene rings is 1. The van der Waals surface area contributed by atoms with Gasteiger partial charge < -0.3 is 10.1 Å². The van der Waals surface area contributed by atoms with Crippen molar-refractivity contribution >= 4 is 9.84 Å². The molecular formula is C15H23NO3S. The molecule has 0 saturated carbocycles. The molecule has 0 aromatic heterocycles. The number of sulfone groups is 1. The van der Waals surface area contributed by atoms with Crippen molar-refractivity contribution in [1.82, 2.24) is 5.32 Å². The molecule has 20 heavy (non-hydrogen) atoms. The van der Waals surface area contributed by atoms with Crippen LogP contribution in [0.5, 0.6) is 5.75 Å². The van der Waals surface area contributed by atoms with E-state index in [0.717, 1.165) is 18.5 Å². The number of nitrogens with one attached hydrogen (secondary N) is 1. The molecule has 3 unspecified atom stereocenters. The molecule has 1 heterocycles. The minimum Gasteiger partial charge on any atom is -0.495 e. The van der Waals surface area contributed by atoms with E-state index in [2.05, 4.69) is 12.2 Å². The molecule has 1 N–H and O–H groups in total. The zero-order chi connectivity index (χ0) is 14.9. The maximum Gasteiger partial charge on any atom is 0.185 e. The van der Waals surface area contributed by atoms with E-state index in [1.165, 1.54) is 7.11 Å². The summed E-state index contributed by atoms with van der Waals surface area (Å²) in [5, 5.41) is 3.06. The zero-order valence-corrected chi connectivity index (χ0v) is 13.3. The normalized spacial score (nSPS) is 27.9. The fourth-order valence-electron chi connectivity index (χ4n) is 2.86. The second-order valence-electron chi connectivity index (χ2n) is 5.42. The van der Waals surface area contributed by atoms with Crippen LogP contribution >= 0.6 is 0 Å². The van der Waals surface area contributed by atoms with Crippen molar-refractivity contribution in [2.75, 3.05) is 13.7 Å². The van der Waals surface area contributed by atoms with Crippen molar-refractivity contribution in [1.29, 1.82) is 0 Å². The van der Waals surface area contributed by atoms with Gasteiger partial charge in [-0.15, -0.1) is 0 Å². The van der Waals surface area contributed by atoms with Crippen molar-refractivity contribution in [3.05, 3.63) is 23.8 Å². The third kappa shape index (κ3) is 2.33. The molecule has 0 amide bonds. The first kappa shape index (κ1) is 15.3. The summed E-state index contributed by atoms with van der Waals surface area (Å²) in [6.45, 7) is 6.76. The molecule has 5 heteroatoms. The van der Waals surface area contributed by atoms with Gasteiger partial charge in [-0.25, -0.2) is 8.42 Å². The number of ether oxygens (including phenoxy) is 1. The van der Waals surface area contributed by atoms with E-state index in [1.807, 2.05) is 19.1 Å². The predicted octanol–water partition coefficient (Wildman–Crippen LogP) is 2.55. The lowest BCUT2D eigenvalue weighted by Gasteiger charge is -2.36. The highest BCUT2D eigenvalue weighted by Gasteiger charge is 2.43. The average Bonchev–Trinajstić information content (AvgIpc) is 2.44. The Balaban J connectivity index is 2.62. The molecule has 0 bridgehead atoms. The number of rotatable bonds is 4. The molecule has 3 atom stereocenters. The van der Waals surface area contributed by atoms with Crippen LogP contribution in [0.3, 0.4) is 0 Å². The molecule has 2 rings (SSSR count). The van der Waals surface area contributed by atoms with Crippen LogP contribution in [0, 0.1) is 5.92 Å². The summed E-state index contributed by atoms with van der Waals surface area (Å²) >= 11 is 0. The van der Waals surface area contributed by atoms with Gasteiger partial charge >= 0.3 is 0 Å². The van der Waals surface area contributed by atoms with Gasteiger partial charge in [0, 0.05) is 6.04 Å². The Hall–Kier alpha value is -1.07. The Morgan fingerprint density at radius 3 is 2.60 bits per heavy atom. The van der Waals surface area contributed by atoms with E-state index < -0.39 is 15.1 Å². The summed E-state index contributed by atoms with van der Waals surface area (Å²) in [6, 6.07) is 5.52. The highest BCUT2D eigenvalue weighted by Crippen LogP contribution is 2.44. The fraction of sp³-hybridized carbons (Fsp3) is 0.600. The van der Waals surface area contributed by atoms with E-state index in [-0.39, 0.29) is 12.0 Å². The van der Waals surface area contributed by atoms with Crippen molar-refractivity contribution in [2.45, 2.75) is 43.4 Å². The number of fused-ring (bicyclic) bond motifs is 1. The Morgan fingerprint density at radius 2 is 2.00 bits per heavy atom.